The molecule has 1 heterocycles. The van der Waals surface area contributed by atoms with Gasteiger partial charge in [0.15, 0.2) is 6.10 Å². The minimum atomic E-state index is -0.948. The molecule has 0 radical (unpaired) electrons. The highest BCUT2D eigenvalue weighted by Gasteiger charge is 2.27. The molecule has 0 bridgehead atoms. The van der Waals surface area contributed by atoms with Crippen LogP contribution in [0.3, 0.4) is 0 Å². The third-order valence-electron chi connectivity index (χ3n) is 3.20. The summed E-state index contributed by atoms with van der Waals surface area (Å²) in [6, 6.07) is 0. The van der Waals surface area contributed by atoms with Gasteiger partial charge in [0.1, 0.15) is 5.60 Å². The standard InChI is InChI=1S/C14H25NO5/c1-10(12(16)17)19-9-11-5-7-15(8-6-11)13(18)20-14(2,3)4/h10-11H,5-9H2,1-4H3,(H,16,17). The van der Waals surface area contributed by atoms with Crippen molar-refractivity contribution < 1.29 is 24.2 Å². The first-order chi connectivity index (χ1) is 9.19. The molecule has 0 aromatic heterocycles. The Morgan fingerprint density at radius 2 is 1.85 bits per heavy atom. The Morgan fingerprint density at radius 3 is 2.30 bits per heavy atom. The Morgan fingerprint density at radius 1 is 1.30 bits per heavy atom. The summed E-state index contributed by atoms with van der Waals surface area (Å²) in [5.74, 6) is -0.647. The molecule has 1 fully saturated rings. The normalized spacial score (nSPS) is 18.7. The van der Waals surface area contributed by atoms with Gasteiger partial charge in [0.05, 0.1) is 6.61 Å². The van der Waals surface area contributed by atoms with Gasteiger partial charge >= 0.3 is 12.1 Å². The van der Waals surface area contributed by atoms with Crippen LogP contribution in [0, 0.1) is 5.92 Å². The predicted molar refractivity (Wildman–Crippen MR) is 73.6 cm³/mol. The highest BCUT2D eigenvalue weighted by atomic mass is 16.6. The number of carbonyl (C=O) groups is 2. The average molecular weight is 287 g/mol. The lowest BCUT2D eigenvalue weighted by atomic mass is 9.98. The lowest BCUT2D eigenvalue weighted by Gasteiger charge is -2.33. The average Bonchev–Trinajstić information content (AvgIpc) is 2.34. The molecule has 6 nitrogen and oxygen atoms in total. The van der Waals surface area contributed by atoms with E-state index >= 15 is 0 Å². The van der Waals surface area contributed by atoms with Gasteiger partial charge < -0.3 is 19.5 Å². The zero-order valence-corrected chi connectivity index (χ0v) is 12.7. The quantitative estimate of drug-likeness (QED) is 0.857. The van der Waals surface area contributed by atoms with Crippen molar-refractivity contribution in [3.63, 3.8) is 0 Å². The number of likely N-dealkylation sites (tertiary alicyclic amines) is 1. The van der Waals surface area contributed by atoms with Gasteiger partial charge in [0, 0.05) is 13.1 Å². The van der Waals surface area contributed by atoms with Gasteiger partial charge in [-0.3, -0.25) is 0 Å². The first-order valence-corrected chi connectivity index (χ1v) is 7.01. The molecule has 6 heteroatoms. The molecule has 20 heavy (non-hydrogen) atoms. The maximum atomic E-state index is 11.9. The Hall–Kier alpha value is -1.30. The van der Waals surface area contributed by atoms with Gasteiger partial charge in [0.2, 0.25) is 0 Å². The van der Waals surface area contributed by atoms with Crippen molar-refractivity contribution in [3.8, 4) is 0 Å². The Bertz CT molecular complexity index is 342. The van der Waals surface area contributed by atoms with E-state index in [-0.39, 0.29) is 6.09 Å². The first-order valence-electron chi connectivity index (χ1n) is 7.01. The zero-order chi connectivity index (χ0) is 15.3. The predicted octanol–water partition coefficient (Wildman–Crippen LogP) is 2.12. The molecule has 0 aromatic carbocycles. The summed E-state index contributed by atoms with van der Waals surface area (Å²) in [5.41, 5.74) is -0.478. The lowest BCUT2D eigenvalue weighted by Crippen LogP contribution is -2.42. The van der Waals surface area contributed by atoms with E-state index in [1.54, 1.807) is 4.90 Å². The Balaban J connectivity index is 2.29. The largest absolute Gasteiger partial charge is 0.479 e. The third kappa shape index (κ3) is 5.77. The van der Waals surface area contributed by atoms with Crippen LogP contribution in [0.1, 0.15) is 40.5 Å². The summed E-state index contributed by atoms with van der Waals surface area (Å²) in [6.07, 6.45) is 0.562. The van der Waals surface area contributed by atoms with Gasteiger partial charge in [-0.05, 0) is 46.5 Å². The minimum absolute atomic E-state index is 0.282. The highest BCUT2D eigenvalue weighted by Crippen LogP contribution is 2.20. The molecular weight excluding hydrogens is 262 g/mol. The number of piperidine rings is 1. The van der Waals surface area contributed by atoms with Crippen LogP contribution in [0.25, 0.3) is 0 Å². The van der Waals surface area contributed by atoms with Crippen molar-refractivity contribution in [1.82, 2.24) is 4.90 Å². The summed E-state index contributed by atoms with van der Waals surface area (Å²) in [5, 5.41) is 8.74. The van der Waals surface area contributed by atoms with Crippen molar-refractivity contribution in [1.29, 1.82) is 0 Å². The van der Waals surface area contributed by atoms with Crippen LogP contribution in [0.2, 0.25) is 0 Å². The van der Waals surface area contributed by atoms with Crippen LogP contribution in [0.15, 0.2) is 0 Å². The number of amides is 1. The van der Waals surface area contributed by atoms with Gasteiger partial charge in [-0.2, -0.15) is 0 Å². The monoisotopic (exact) mass is 287 g/mol. The topological polar surface area (TPSA) is 76.1 Å². The summed E-state index contributed by atoms with van der Waals surface area (Å²) in [6.45, 7) is 8.75. The number of carboxylic acids is 1. The molecule has 0 spiro atoms. The molecule has 0 aliphatic carbocycles. The molecule has 1 unspecified atom stereocenters. The van der Waals surface area contributed by atoms with Crippen LogP contribution in [0.4, 0.5) is 4.79 Å². The van der Waals surface area contributed by atoms with Gasteiger partial charge in [0.25, 0.3) is 0 Å². The molecule has 1 saturated heterocycles. The summed E-state index contributed by atoms with van der Waals surface area (Å²) >= 11 is 0. The number of carbonyl (C=O) groups excluding carboxylic acids is 1. The summed E-state index contributed by atoms with van der Waals surface area (Å²) in [4.78, 5) is 24.2. The lowest BCUT2D eigenvalue weighted by molar-refractivity contribution is -0.150. The van der Waals surface area contributed by atoms with Crippen LogP contribution < -0.4 is 0 Å². The van der Waals surface area contributed by atoms with E-state index in [1.807, 2.05) is 20.8 Å². The number of aliphatic carboxylic acids is 1. The van der Waals surface area contributed by atoms with Gasteiger partial charge in [-0.25, -0.2) is 9.59 Å². The molecule has 1 N–H and O–H groups in total. The van der Waals surface area contributed by atoms with Crippen LogP contribution in [0.5, 0.6) is 0 Å². The number of ether oxygens (including phenoxy) is 2. The molecule has 0 aromatic rings. The number of carboxylic acid groups (broad SMARTS) is 1. The number of hydrogen-bond acceptors (Lipinski definition) is 4. The number of hydrogen-bond donors (Lipinski definition) is 1. The Labute approximate surface area is 120 Å². The van der Waals surface area contributed by atoms with Crippen molar-refractivity contribution >= 4 is 12.1 Å². The van der Waals surface area contributed by atoms with Gasteiger partial charge in [-0.15, -0.1) is 0 Å². The maximum absolute atomic E-state index is 11.9. The molecular formula is C14H25NO5. The van der Waals surface area contributed by atoms with Crippen molar-refractivity contribution in [3.05, 3.63) is 0 Å². The first kappa shape index (κ1) is 16.8. The molecule has 1 rings (SSSR count). The van der Waals surface area contributed by atoms with E-state index in [0.29, 0.717) is 25.6 Å². The SMILES string of the molecule is CC(OCC1CCN(C(=O)OC(C)(C)C)CC1)C(=O)O. The van der Waals surface area contributed by atoms with Crippen LogP contribution in [-0.2, 0) is 14.3 Å². The molecule has 1 aliphatic rings. The van der Waals surface area contributed by atoms with Gasteiger partial charge in [-0.1, -0.05) is 0 Å². The summed E-state index contributed by atoms with van der Waals surface area (Å²) < 4.78 is 10.6. The van der Waals surface area contributed by atoms with E-state index in [1.165, 1.54) is 6.92 Å². The molecule has 1 amide bonds. The van der Waals surface area contributed by atoms with Crippen molar-refractivity contribution in [2.45, 2.75) is 52.2 Å². The van der Waals surface area contributed by atoms with E-state index in [0.717, 1.165) is 12.8 Å². The fourth-order valence-electron chi connectivity index (χ4n) is 1.96. The second-order valence-corrected chi connectivity index (χ2v) is 6.22. The second-order valence-electron chi connectivity index (χ2n) is 6.22. The summed E-state index contributed by atoms with van der Waals surface area (Å²) in [7, 11) is 0. The third-order valence-corrected chi connectivity index (χ3v) is 3.20. The Kier molecular flexibility index (Phi) is 5.80. The van der Waals surface area contributed by atoms with Crippen LogP contribution >= 0.6 is 0 Å². The van der Waals surface area contributed by atoms with E-state index in [4.69, 9.17) is 14.6 Å². The van der Waals surface area contributed by atoms with E-state index < -0.39 is 17.7 Å². The van der Waals surface area contributed by atoms with Crippen molar-refractivity contribution in [2.24, 2.45) is 5.92 Å². The molecule has 1 aliphatic heterocycles. The van der Waals surface area contributed by atoms with Crippen molar-refractivity contribution in [2.75, 3.05) is 19.7 Å². The van der Waals surface area contributed by atoms with E-state index in [9.17, 15) is 9.59 Å². The fraction of sp³-hybridized carbons (Fsp3) is 0.857. The van der Waals surface area contributed by atoms with Crippen LogP contribution in [-0.4, -0.2) is 53.5 Å². The fourth-order valence-corrected chi connectivity index (χ4v) is 1.96. The number of rotatable bonds is 4. The zero-order valence-electron chi connectivity index (χ0n) is 12.7. The van der Waals surface area contributed by atoms with E-state index in [2.05, 4.69) is 0 Å². The molecule has 1 atom stereocenters. The maximum Gasteiger partial charge on any atom is 0.410 e. The number of nitrogens with zero attached hydrogens (tertiary/aromatic N) is 1. The smallest absolute Gasteiger partial charge is 0.410 e. The highest BCUT2D eigenvalue weighted by molar-refractivity contribution is 5.71. The second kappa shape index (κ2) is 6.92. The molecule has 0 saturated carbocycles. The minimum Gasteiger partial charge on any atom is -0.479 e. The molecule has 116 valence electrons.